The first kappa shape index (κ1) is 10.8. The molecule has 0 fully saturated rings. The highest BCUT2D eigenvalue weighted by atomic mass is 16.5. The second-order valence-corrected chi connectivity index (χ2v) is 3.99. The van der Waals surface area contributed by atoms with Gasteiger partial charge in [0.15, 0.2) is 5.76 Å². The summed E-state index contributed by atoms with van der Waals surface area (Å²) >= 11 is 0. The predicted molar refractivity (Wildman–Crippen MR) is 59.2 cm³/mol. The zero-order chi connectivity index (χ0) is 11.7. The maximum absolute atomic E-state index is 10.00. The molecule has 2 heterocycles. The minimum Gasteiger partial charge on any atom is -0.461 e. The molecular weight excluding hydrogens is 206 g/mol. The van der Waals surface area contributed by atoms with Crippen molar-refractivity contribution in [1.82, 2.24) is 14.6 Å². The Kier molecular flexibility index (Phi) is 2.70. The van der Waals surface area contributed by atoms with E-state index in [0.29, 0.717) is 18.1 Å². The Hall–Kier alpha value is -1.75. The standard InChI is InChI=1S/C11H15N3O2/c1-8-9(7-13(2)3)14(15)11(12-8)10-5-4-6-16-10/h4-6,15H,7H2,1-3H3. The molecule has 0 saturated carbocycles. The van der Waals surface area contributed by atoms with Crippen LogP contribution in [0.1, 0.15) is 11.4 Å². The topological polar surface area (TPSA) is 54.4 Å². The van der Waals surface area contributed by atoms with E-state index in [1.165, 1.54) is 0 Å². The van der Waals surface area contributed by atoms with Gasteiger partial charge in [-0.15, -0.1) is 0 Å². The Morgan fingerprint density at radius 2 is 2.25 bits per heavy atom. The van der Waals surface area contributed by atoms with Crippen molar-refractivity contribution in [2.45, 2.75) is 13.5 Å². The number of imidazole rings is 1. The maximum atomic E-state index is 10.00. The van der Waals surface area contributed by atoms with Crippen molar-refractivity contribution in [2.24, 2.45) is 0 Å². The van der Waals surface area contributed by atoms with Gasteiger partial charge in [-0.3, -0.25) is 0 Å². The molecule has 0 amide bonds. The summed E-state index contributed by atoms with van der Waals surface area (Å²) in [6, 6.07) is 3.54. The van der Waals surface area contributed by atoms with Crippen molar-refractivity contribution < 1.29 is 9.62 Å². The summed E-state index contributed by atoms with van der Waals surface area (Å²) < 4.78 is 6.31. The molecule has 2 rings (SSSR count). The summed E-state index contributed by atoms with van der Waals surface area (Å²) in [4.78, 5) is 6.27. The molecule has 0 atom stereocenters. The Bertz CT molecular complexity index is 472. The van der Waals surface area contributed by atoms with E-state index >= 15 is 0 Å². The first-order valence-electron chi connectivity index (χ1n) is 5.05. The molecule has 1 N–H and O–H groups in total. The number of hydrogen-bond acceptors (Lipinski definition) is 4. The van der Waals surface area contributed by atoms with Crippen LogP contribution < -0.4 is 0 Å². The highest BCUT2D eigenvalue weighted by Crippen LogP contribution is 2.21. The van der Waals surface area contributed by atoms with Crippen LogP contribution in [0.2, 0.25) is 0 Å². The van der Waals surface area contributed by atoms with Gasteiger partial charge in [-0.1, -0.05) is 0 Å². The Labute approximate surface area is 93.9 Å². The molecule has 0 spiro atoms. The molecular formula is C11H15N3O2. The van der Waals surface area contributed by atoms with Gasteiger partial charge >= 0.3 is 0 Å². The lowest BCUT2D eigenvalue weighted by Gasteiger charge is -2.09. The van der Waals surface area contributed by atoms with Gasteiger partial charge in [0.2, 0.25) is 5.82 Å². The molecule has 0 aliphatic heterocycles. The summed E-state index contributed by atoms with van der Waals surface area (Å²) in [5.41, 5.74) is 1.58. The highest BCUT2D eigenvalue weighted by molar-refractivity contribution is 5.48. The second-order valence-electron chi connectivity index (χ2n) is 3.99. The van der Waals surface area contributed by atoms with E-state index in [1.54, 1.807) is 18.4 Å². The summed E-state index contributed by atoms with van der Waals surface area (Å²) in [6.45, 7) is 2.51. The van der Waals surface area contributed by atoms with Crippen molar-refractivity contribution in [1.29, 1.82) is 0 Å². The molecule has 0 aliphatic rings. The summed E-state index contributed by atoms with van der Waals surface area (Å²) in [5.74, 6) is 1.01. The molecule has 0 bridgehead atoms. The monoisotopic (exact) mass is 221 g/mol. The number of aromatic nitrogens is 2. The maximum Gasteiger partial charge on any atom is 0.211 e. The Balaban J connectivity index is 2.43. The fourth-order valence-electron chi connectivity index (χ4n) is 1.60. The van der Waals surface area contributed by atoms with Crippen LogP contribution in [-0.2, 0) is 6.54 Å². The third-order valence-corrected chi connectivity index (χ3v) is 2.36. The lowest BCUT2D eigenvalue weighted by Crippen LogP contribution is -2.14. The SMILES string of the molecule is Cc1nc(-c2ccco2)n(O)c1CN(C)C. The zero-order valence-electron chi connectivity index (χ0n) is 9.64. The molecule has 5 nitrogen and oxygen atoms in total. The van der Waals surface area contributed by atoms with E-state index in [9.17, 15) is 5.21 Å². The Morgan fingerprint density at radius 3 is 2.81 bits per heavy atom. The molecule has 0 radical (unpaired) electrons. The summed E-state index contributed by atoms with van der Waals surface area (Å²) in [6.07, 6.45) is 1.56. The summed E-state index contributed by atoms with van der Waals surface area (Å²) in [7, 11) is 3.89. The van der Waals surface area contributed by atoms with Gasteiger partial charge in [0.05, 0.1) is 17.7 Å². The van der Waals surface area contributed by atoms with Crippen LogP contribution in [0.4, 0.5) is 0 Å². The Morgan fingerprint density at radius 1 is 1.50 bits per heavy atom. The first-order chi connectivity index (χ1) is 7.59. The van der Waals surface area contributed by atoms with Crippen LogP contribution in [0.5, 0.6) is 0 Å². The van der Waals surface area contributed by atoms with E-state index in [1.807, 2.05) is 25.9 Å². The third-order valence-electron chi connectivity index (χ3n) is 2.36. The lowest BCUT2D eigenvalue weighted by atomic mass is 10.3. The van der Waals surface area contributed by atoms with Crippen LogP contribution >= 0.6 is 0 Å². The molecule has 86 valence electrons. The molecule has 2 aromatic rings. The normalized spacial score (nSPS) is 11.2. The quantitative estimate of drug-likeness (QED) is 0.802. The van der Waals surface area contributed by atoms with Gasteiger partial charge in [0.1, 0.15) is 0 Å². The minimum atomic E-state index is 0.444. The van der Waals surface area contributed by atoms with E-state index in [0.717, 1.165) is 16.1 Å². The number of aryl methyl sites for hydroxylation is 1. The first-order valence-corrected chi connectivity index (χ1v) is 5.05. The number of rotatable bonds is 3. The van der Waals surface area contributed by atoms with Crippen LogP contribution in [0.3, 0.4) is 0 Å². The van der Waals surface area contributed by atoms with E-state index in [2.05, 4.69) is 4.98 Å². The van der Waals surface area contributed by atoms with E-state index in [-0.39, 0.29) is 0 Å². The van der Waals surface area contributed by atoms with Gasteiger partial charge in [0.25, 0.3) is 0 Å². The van der Waals surface area contributed by atoms with Crippen molar-refractivity contribution in [2.75, 3.05) is 14.1 Å². The highest BCUT2D eigenvalue weighted by Gasteiger charge is 2.17. The number of nitrogens with zero attached hydrogens (tertiary/aromatic N) is 3. The lowest BCUT2D eigenvalue weighted by molar-refractivity contribution is 0.171. The van der Waals surface area contributed by atoms with Gasteiger partial charge in [-0.25, -0.2) is 4.98 Å². The van der Waals surface area contributed by atoms with Gasteiger partial charge in [-0.2, -0.15) is 4.73 Å². The smallest absolute Gasteiger partial charge is 0.211 e. The van der Waals surface area contributed by atoms with Crippen molar-refractivity contribution in [3.63, 3.8) is 0 Å². The van der Waals surface area contributed by atoms with Crippen LogP contribution in [-0.4, -0.2) is 33.9 Å². The van der Waals surface area contributed by atoms with Crippen molar-refractivity contribution in [3.05, 3.63) is 29.8 Å². The van der Waals surface area contributed by atoms with Gasteiger partial charge in [0, 0.05) is 6.54 Å². The largest absolute Gasteiger partial charge is 0.461 e. The number of furan rings is 1. The van der Waals surface area contributed by atoms with Crippen molar-refractivity contribution in [3.8, 4) is 11.6 Å². The van der Waals surface area contributed by atoms with E-state index in [4.69, 9.17) is 4.42 Å². The van der Waals surface area contributed by atoms with E-state index < -0.39 is 0 Å². The molecule has 16 heavy (non-hydrogen) atoms. The fraction of sp³-hybridized carbons (Fsp3) is 0.364. The zero-order valence-corrected chi connectivity index (χ0v) is 9.64. The van der Waals surface area contributed by atoms with Crippen molar-refractivity contribution >= 4 is 0 Å². The minimum absolute atomic E-state index is 0.444. The number of hydrogen-bond donors (Lipinski definition) is 1. The van der Waals surface area contributed by atoms with Gasteiger partial charge in [-0.05, 0) is 33.2 Å². The average molecular weight is 221 g/mol. The van der Waals surface area contributed by atoms with Crippen LogP contribution in [0, 0.1) is 6.92 Å². The molecule has 0 unspecified atom stereocenters. The third kappa shape index (κ3) is 1.81. The molecule has 0 aromatic carbocycles. The fourth-order valence-corrected chi connectivity index (χ4v) is 1.60. The predicted octanol–water partition coefficient (Wildman–Crippen LogP) is 1.75. The molecule has 2 aromatic heterocycles. The summed E-state index contributed by atoms with van der Waals surface area (Å²) in [5, 5.41) is 10.00. The molecule has 5 heteroatoms. The average Bonchev–Trinajstić information content (AvgIpc) is 2.80. The molecule has 0 saturated heterocycles. The van der Waals surface area contributed by atoms with Crippen LogP contribution in [0.25, 0.3) is 11.6 Å². The molecule has 0 aliphatic carbocycles. The second kappa shape index (κ2) is 4.02. The van der Waals surface area contributed by atoms with Gasteiger partial charge < -0.3 is 14.5 Å². The van der Waals surface area contributed by atoms with Crippen LogP contribution in [0.15, 0.2) is 22.8 Å².